The van der Waals surface area contributed by atoms with Gasteiger partial charge < -0.3 is 14.8 Å². The molecule has 1 aliphatic heterocycles. The molecule has 0 aromatic heterocycles. The number of para-hydroxylation sites is 1. The largest absolute Gasteiger partial charge is 0.455 e. The molecule has 1 saturated heterocycles. The van der Waals surface area contributed by atoms with Crippen molar-refractivity contribution in [2.24, 2.45) is 0 Å². The number of carbonyl (C=O) groups is 1. The van der Waals surface area contributed by atoms with Crippen LogP contribution in [0.3, 0.4) is 0 Å². The number of carbonyl (C=O) groups excluding carboxylic acids is 1. The molecule has 1 amide bonds. The summed E-state index contributed by atoms with van der Waals surface area (Å²) in [7, 11) is -3.76. The molecule has 32 heavy (non-hydrogen) atoms. The van der Waals surface area contributed by atoms with Crippen molar-refractivity contribution in [3.63, 3.8) is 0 Å². The zero-order chi connectivity index (χ0) is 22.6. The average Bonchev–Trinajstić information content (AvgIpc) is 2.81. The van der Waals surface area contributed by atoms with E-state index in [1.165, 1.54) is 28.6 Å². The first kappa shape index (κ1) is 22.3. The van der Waals surface area contributed by atoms with E-state index in [0.29, 0.717) is 35.3 Å². The molecule has 4 rings (SSSR count). The van der Waals surface area contributed by atoms with E-state index < -0.39 is 15.9 Å². The van der Waals surface area contributed by atoms with Crippen molar-refractivity contribution in [3.05, 3.63) is 83.4 Å². The Morgan fingerprint density at radius 3 is 2.44 bits per heavy atom. The van der Waals surface area contributed by atoms with Gasteiger partial charge in [0.1, 0.15) is 5.75 Å². The van der Waals surface area contributed by atoms with Gasteiger partial charge in [-0.1, -0.05) is 35.9 Å². The van der Waals surface area contributed by atoms with Crippen LogP contribution >= 0.6 is 11.6 Å². The molecule has 1 fully saturated rings. The monoisotopic (exact) mass is 472 g/mol. The molecule has 7 nitrogen and oxygen atoms in total. The minimum absolute atomic E-state index is 0.0567. The highest BCUT2D eigenvalue weighted by atomic mass is 35.5. The van der Waals surface area contributed by atoms with Crippen molar-refractivity contribution >= 4 is 33.2 Å². The van der Waals surface area contributed by atoms with Gasteiger partial charge in [0.05, 0.1) is 23.8 Å². The lowest BCUT2D eigenvalue weighted by Crippen LogP contribution is -2.40. The van der Waals surface area contributed by atoms with E-state index in [-0.39, 0.29) is 23.7 Å². The topological polar surface area (TPSA) is 84.9 Å². The Morgan fingerprint density at radius 1 is 0.969 bits per heavy atom. The summed E-state index contributed by atoms with van der Waals surface area (Å²) in [6.07, 6.45) is 0. The van der Waals surface area contributed by atoms with E-state index in [4.69, 9.17) is 21.1 Å². The van der Waals surface area contributed by atoms with Gasteiger partial charge in [-0.2, -0.15) is 4.31 Å². The first-order chi connectivity index (χ1) is 15.4. The fourth-order valence-corrected chi connectivity index (χ4v) is 4.86. The zero-order valence-electron chi connectivity index (χ0n) is 17.0. The van der Waals surface area contributed by atoms with Crippen molar-refractivity contribution in [1.82, 2.24) is 4.31 Å². The predicted octanol–water partition coefficient (Wildman–Crippen LogP) is 4.41. The van der Waals surface area contributed by atoms with Crippen molar-refractivity contribution < 1.29 is 22.7 Å². The van der Waals surface area contributed by atoms with Gasteiger partial charge >= 0.3 is 0 Å². The molecule has 1 heterocycles. The molecule has 3 aromatic carbocycles. The van der Waals surface area contributed by atoms with E-state index >= 15 is 0 Å². The Bertz CT molecular complexity index is 1210. The summed E-state index contributed by atoms with van der Waals surface area (Å²) in [6.45, 7) is 1.23. The van der Waals surface area contributed by atoms with Crippen molar-refractivity contribution in [2.45, 2.75) is 4.90 Å². The van der Waals surface area contributed by atoms with Crippen LogP contribution in [0, 0.1) is 0 Å². The second-order valence-corrected chi connectivity index (χ2v) is 9.43. The van der Waals surface area contributed by atoms with Crippen LogP contribution in [0.1, 0.15) is 10.4 Å². The second kappa shape index (κ2) is 9.70. The van der Waals surface area contributed by atoms with E-state index in [2.05, 4.69) is 5.32 Å². The van der Waals surface area contributed by atoms with Crippen LogP contribution in [0.5, 0.6) is 11.5 Å². The number of nitrogens with one attached hydrogen (secondary N) is 1. The minimum Gasteiger partial charge on any atom is -0.455 e. The van der Waals surface area contributed by atoms with Gasteiger partial charge in [-0.15, -0.1) is 0 Å². The molecular weight excluding hydrogens is 452 g/mol. The Kier molecular flexibility index (Phi) is 6.76. The smallest absolute Gasteiger partial charge is 0.255 e. The summed E-state index contributed by atoms with van der Waals surface area (Å²) in [4.78, 5) is 12.9. The van der Waals surface area contributed by atoms with Gasteiger partial charge in [0.25, 0.3) is 5.91 Å². The van der Waals surface area contributed by atoms with Crippen molar-refractivity contribution in [1.29, 1.82) is 0 Å². The van der Waals surface area contributed by atoms with Gasteiger partial charge in [-0.25, -0.2) is 8.42 Å². The second-order valence-electron chi connectivity index (χ2n) is 7.05. The van der Waals surface area contributed by atoms with E-state index in [9.17, 15) is 13.2 Å². The summed E-state index contributed by atoms with van der Waals surface area (Å²) in [5.74, 6) is 0.424. The third-order valence-corrected chi connectivity index (χ3v) is 6.99. The molecule has 1 aliphatic rings. The molecule has 0 radical (unpaired) electrons. The molecular formula is C23H21ClN2O5S. The van der Waals surface area contributed by atoms with Gasteiger partial charge in [-0.05, 0) is 48.5 Å². The van der Waals surface area contributed by atoms with Crippen LogP contribution in [-0.2, 0) is 14.8 Å². The quantitative estimate of drug-likeness (QED) is 0.574. The number of amides is 1. The molecule has 0 spiro atoms. The molecule has 166 valence electrons. The number of anilines is 1. The van der Waals surface area contributed by atoms with Crippen molar-refractivity contribution in [2.75, 3.05) is 31.6 Å². The highest BCUT2D eigenvalue weighted by molar-refractivity contribution is 7.89. The lowest BCUT2D eigenvalue weighted by Gasteiger charge is -2.26. The number of morpholine rings is 1. The molecule has 0 unspecified atom stereocenters. The summed E-state index contributed by atoms with van der Waals surface area (Å²) in [5.41, 5.74) is 0.567. The lowest BCUT2D eigenvalue weighted by atomic mass is 10.2. The maximum atomic E-state index is 13.1. The number of hydrogen-bond acceptors (Lipinski definition) is 5. The zero-order valence-corrected chi connectivity index (χ0v) is 18.6. The van der Waals surface area contributed by atoms with Crippen LogP contribution in [0.2, 0.25) is 5.02 Å². The highest BCUT2D eigenvalue weighted by Gasteiger charge is 2.27. The number of halogens is 1. The Morgan fingerprint density at radius 2 is 1.72 bits per heavy atom. The van der Waals surface area contributed by atoms with E-state index in [0.717, 1.165) is 0 Å². The van der Waals surface area contributed by atoms with Crippen LogP contribution in [0.15, 0.2) is 77.7 Å². The molecule has 0 aliphatic carbocycles. The number of benzene rings is 3. The van der Waals surface area contributed by atoms with E-state index in [1.807, 2.05) is 18.2 Å². The van der Waals surface area contributed by atoms with Gasteiger partial charge in [0.2, 0.25) is 10.0 Å². The Hall–Kier alpha value is -2.91. The van der Waals surface area contributed by atoms with Gasteiger partial charge in [0.15, 0.2) is 5.75 Å². The van der Waals surface area contributed by atoms with Crippen LogP contribution < -0.4 is 10.1 Å². The molecule has 0 atom stereocenters. The third-order valence-electron chi connectivity index (χ3n) is 4.86. The molecule has 3 aromatic rings. The summed E-state index contributed by atoms with van der Waals surface area (Å²) in [6, 6.07) is 19.9. The number of hydrogen-bond donors (Lipinski definition) is 1. The molecule has 0 bridgehead atoms. The standard InChI is InChI=1S/C23H21ClN2O5S/c24-18-6-4-5-17(15-18)23(27)25-21-16-20(32(28,29)26-11-13-30-14-12-26)9-10-22(21)31-19-7-2-1-3-8-19/h1-10,15-16H,11-14H2,(H,25,27). The van der Waals surface area contributed by atoms with E-state index in [1.54, 1.807) is 30.3 Å². The highest BCUT2D eigenvalue weighted by Crippen LogP contribution is 2.33. The molecule has 0 saturated carbocycles. The SMILES string of the molecule is O=C(Nc1cc(S(=O)(=O)N2CCOCC2)ccc1Oc1ccccc1)c1cccc(Cl)c1. The molecule has 1 N–H and O–H groups in total. The van der Waals surface area contributed by atoms with Gasteiger partial charge in [-0.3, -0.25) is 4.79 Å². The van der Waals surface area contributed by atoms with Crippen LogP contribution in [0.25, 0.3) is 0 Å². The predicted molar refractivity (Wildman–Crippen MR) is 122 cm³/mol. The number of ether oxygens (including phenoxy) is 2. The fourth-order valence-electron chi connectivity index (χ4n) is 3.23. The summed E-state index contributed by atoms with van der Waals surface area (Å²) in [5, 5.41) is 3.18. The average molecular weight is 473 g/mol. The van der Waals surface area contributed by atoms with Crippen LogP contribution in [-0.4, -0.2) is 44.9 Å². The fraction of sp³-hybridized carbons (Fsp3) is 0.174. The maximum Gasteiger partial charge on any atom is 0.255 e. The summed E-state index contributed by atoms with van der Waals surface area (Å²) < 4.78 is 38.8. The number of rotatable bonds is 6. The molecule has 9 heteroatoms. The Balaban J connectivity index is 1.69. The van der Waals surface area contributed by atoms with Crippen LogP contribution in [0.4, 0.5) is 5.69 Å². The normalized spacial score (nSPS) is 14.7. The lowest BCUT2D eigenvalue weighted by molar-refractivity contribution is 0.0730. The third kappa shape index (κ3) is 5.11. The Labute approximate surface area is 191 Å². The first-order valence-electron chi connectivity index (χ1n) is 9.95. The number of nitrogens with zero attached hydrogens (tertiary/aromatic N) is 1. The maximum absolute atomic E-state index is 13.1. The van der Waals surface area contributed by atoms with Gasteiger partial charge in [0, 0.05) is 23.7 Å². The minimum atomic E-state index is -3.76. The number of sulfonamides is 1. The summed E-state index contributed by atoms with van der Waals surface area (Å²) >= 11 is 6.00. The first-order valence-corrected chi connectivity index (χ1v) is 11.8. The van der Waals surface area contributed by atoms with Crippen molar-refractivity contribution in [3.8, 4) is 11.5 Å².